The van der Waals surface area contributed by atoms with Crippen molar-refractivity contribution in [2.75, 3.05) is 5.32 Å². The van der Waals surface area contributed by atoms with Crippen molar-refractivity contribution >= 4 is 22.4 Å². The number of nitrogens with one attached hydrogen (secondary N) is 1. The normalized spacial score (nSPS) is 12.2. The van der Waals surface area contributed by atoms with Gasteiger partial charge < -0.3 is 10.4 Å². The number of thiazole rings is 1. The summed E-state index contributed by atoms with van der Waals surface area (Å²) in [6, 6.07) is 7.80. The number of hydrogen-bond acceptors (Lipinski definition) is 4. The topological polar surface area (TPSA) is 62.2 Å². The van der Waals surface area contributed by atoms with Crippen LogP contribution in [0.1, 0.15) is 29.8 Å². The standard InChI is InChI=1S/C14H16N2O2S/c1-9-5-3-4-6-11(9)7-13(18)16-14-15-12(8-19-14)10(2)17/h3-6,8,10,17H,7H2,1-2H3,(H,15,16,18). The molecule has 19 heavy (non-hydrogen) atoms. The van der Waals surface area contributed by atoms with Gasteiger partial charge in [-0.05, 0) is 25.0 Å². The molecule has 0 saturated heterocycles. The molecule has 0 bridgehead atoms. The predicted molar refractivity (Wildman–Crippen MR) is 76.3 cm³/mol. The summed E-state index contributed by atoms with van der Waals surface area (Å²) in [5, 5.41) is 14.4. The van der Waals surface area contributed by atoms with Crippen LogP contribution >= 0.6 is 11.3 Å². The number of rotatable bonds is 4. The van der Waals surface area contributed by atoms with E-state index in [0.29, 0.717) is 17.2 Å². The number of carbonyl (C=O) groups is 1. The van der Waals surface area contributed by atoms with Crippen molar-refractivity contribution in [1.29, 1.82) is 0 Å². The summed E-state index contributed by atoms with van der Waals surface area (Å²) in [6.45, 7) is 3.63. The Balaban J connectivity index is 1.99. The van der Waals surface area contributed by atoms with E-state index >= 15 is 0 Å². The number of benzene rings is 1. The van der Waals surface area contributed by atoms with Crippen molar-refractivity contribution in [3.05, 3.63) is 46.5 Å². The highest BCUT2D eigenvalue weighted by atomic mass is 32.1. The monoisotopic (exact) mass is 276 g/mol. The molecular formula is C14H16N2O2S. The average molecular weight is 276 g/mol. The molecule has 0 aliphatic carbocycles. The van der Waals surface area contributed by atoms with Gasteiger partial charge in [0.05, 0.1) is 18.2 Å². The molecule has 0 aliphatic rings. The minimum atomic E-state index is -0.613. The van der Waals surface area contributed by atoms with Crippen LogP contribution < -0.4 is 5.32 Å². The molecule has 0 fully saturated rings. The lowest BCUT2D eigenvalue weighted by Crippen LogP contribution is -2.15. The third-order valence-corrected chi connectivity index (χ3v) is 3.58. The second-order valence-corrected chi connectivity index (χ2v) is 5.26. The molecule has 2 N–H and O–H groups in total. The maximum Gasteiger partial charge on any atom is 0.230 e. The van der Waals surface area contributed by atoms with Crippen molar-refractivity contribution in [2.24, 2.45) is 0 Å². The third kappa shape index (κ3) is 3.62. The fraction of sp³-hybridized carbons (Fsp3) is 0.286. The minimum Gasteiger partial charge on any atom is -0.387 e. The first-order chi connectivity index (χ1) is 9.06. The van der Waals surface area contributed by atoms with Crippen molar-refractivity contribution in [3.63, 3.8) is 0 Å². The van der Waals surface area contributed by atoms with Gasteiger partial charge in [-0.2, -0.15) is 0 Å². The molecule has 0 spiro atoms. The molecule has 1 aromatic heterocycles. The molecule has 5 heteroatoms. The fourth-order valence-corrected chi connectivity index (χ4v) is 2.49. The molecule has 0 aliphatic heterocycles. The molecule has 4 nitrogen and oxygen atoms in total. The highest BCUT2D eigenvalue weighted by Gasteiger charge is 2.10. The molecule has 0 radical (unpaired) electrons. The zero-order valence-corrected chi connectivity index (χ0v) is 11.7. The second-order valence-electron chi connectivity index (χ2n) is 4.40. The zero-order chi connectivity index (χ0) is 13.8. The maximum absolute atomic E-state index is 11.9. The van der Waals surface area contributed by atoms with Gasteiger partial charge in [0.1, 0.15) is 0 Å². The van der Waals surface area contributed by atoms with E-state index in [-0.39, 0.29) is 5.91 Å². The summed E-state index contributed by atoms with van der Waals surface area (Å²) in [5.74, 6) is -0.0965. The predicted octanol–water partition coefficient (Wildman–Crippen LogP) is 2.69. The molecule has 1 heterocycles. The molecule has 100 valence electrons. The van der Waals surface area contributed by atoms with Gasteiger partial charge in [-0.3, -0.25) is 4.79 Å². The smallest absolute Gasteiger partial charge is 0.230 e. The van der Waals surface area contributed by atoms with Gasteiger partial charge in [-0.1, -0.05) is 24.3 Å². The molecule has 1 unspecified atom stereocenters. The van der Waals surface area contributed by atoms with Gasteiger partial charge in [0.2, 0.25) is 5.91 Å². The van der Waals surface area contributed by atoms with E-state index in [1.807, 2.05) is 31.2 Å². The first kappa shape index (κ1) is 13.7. The lowest BCUT2D eigenvalue weighted by molar-refractivity contribution is -0.115. The number of aliphatic hydroxyl groups excluding tert-OH is 1. The largest absolute Gasteiger partial charge is 0.387 e. The summed E-state index contributed by atoms with van der Waals surface area (Å²) in [4.78, 5) is 16.1. The van der Waals surface area contributed by atoms with Gasteiger partial charge in [0.15, 0.2) is 5.13 Å². The molecule has 1 amide bonds. The Hall–Kier alpha value is -1.72. The van der Waals surface area contributed by atoms with Crippen LogP contribution in [0.3, 0.4) is 0 Å². The fourth-order valence-electron chi connectivity index (χ4n) is 1.68. The van der Waals surface area contributed by atoms with Crippen LogP contribution in [0, 0.1) is 6.92 Å². The number of amides is 1. The van der Waals surface area contributed by atoms with Crippen LogP contribution in [0.4, 0.5) is 5.13 Å². The number of carbonyl (C=O) groups excluding carboxylic acids is 1. The van der Waals surface area contributed by atoms with E-state index in [1.165, 1.54) is 11.3 Å². The Bertz CT molecular complexity index is 578. The van der Waals surface area contributed by atoms with Gasteiger partial charge in [-0.25, -0.2) is 4.98 Å². The summed E-state index contributed by atoms with van der Waals surface area (Å²) in [5.41, 5.74) is 2.69. The molecule has 1 atom stereocenters. The summed E-state index contributed by atoms with van der Waals surface area (Å²) >= 11 is 1.32. The first-order valence-corrected chi connectivity index (χ1v) is 6.92. The SMILES string of the molecule is Cc1ccccc1CC(=O)Nc1nc(C(C)O)cs1. The Kier molecular flexibility index (Phi) is 4.29. The van der Waals surface area contributed by atoms with E-state index in [4.69, 9.17) is 0 Å². The number of aryl methyl sites for hydroxylation is 1. The van der Waals surface area contributed by atoms with Crippen LogP contribution in [0.15, 0.2) is 29.6 Å². The highest BCUT2D eigenvalue weighted by Crippen LogP contribution is 2.20. The number of nitrogens with zero attached hydrogens (tertiary/aromatic N) is 1. The van der Waals surface area contributed by atoms with Gasteiger partial charge in [0.25, 0.3) is 0 Å². The molecular weight excluding hydrogens is 260 g/mol. The molecule has 2 rings (SSSR count). The van der Waals surface area contributed by atoms with E-state index in [2.05, 4.69) is 10.3 Å². The molecule has 2 aromatic rings. The first-order valence-electron chi connectivity index (χ1n) is 6.04. The third-order valence-electron chi connectivity index (χ3n) is 2.81. The van der Waals surface area contributed by atoms with Crippen LogP contribution in [-0.2, 0) is 11.2 Å². The Labute approximate surface area is 116 Å². The zero-order valence-electron chi connectivity index (χ0n) is 10.9. The van der Waals surface area contributed by atoms with Crippen molar-refractivity contribution in [1.82, 2.24) is 4.98 Å². The summed E-state index contributed by atoms with van der Waals surface area (Å²) in [6.07, 6.45) is -0.283. The number of aromatic nitrogens is 1. The molecule has 0 saturated carbocycles. The van der Waals surface area contributed by atoms with Crippen LogP contribution in [0.25, 0.3) is 0 Å². The van der Waals surface area contributed by atoms with Crippen molar-refractivity contribution in [3.8, 4) is 0 Å². The number of hydrogen-bond donors (Lipinski definition) is 2. The average Bonchev–Trinajstić information content (AvgIpc) is 2.80. The maximum atomic E-state index is 11.9. The quantitative estimate of drug-likeness (QED) is 0.902. The Morgan fingerprint density at radius 1 is 1.47 bits per heavy atom. The lowest BCUT2D eigenvalue weighted by atomic mass is 10.1. The second kappa shape index (κ2) is 5.95. The van der Waals surface area contributed by atoms with Crippen LogP contribution in [-0.4, -0.2) is 16.0 Å². The van der Waals surface area contributed by atoms with Gasteiger partial charge >= 0.3 is 0 Å². The van der Waals surface area contributed by atoms with Gasteiger partial charge in [-0.15, -0.1) is 11.3 Å². The summed E-state index contributed by atoms with van der Waals surface area (Å²) < 4.78 is 0. The Morgan fingerprint density at radius 3 is 2.84 bits per heavy atom. The van der Waals surface area contributed by atoms with Crippen molar-refractivity contribution in [2.45, 2.75) is 26.4 Å². The lowest BCUT2D eigenvalue weighted by Gasteiger charge is -2.05. The van der Waals surface area contributed by atoms with E-state index in [0.717, 1.165) is 11.1 Å². The highest BCUT2D eigenvalue weighted by molar-refractivity contribution is 7.13. The van der Waals surface area contributed by atoms with Crippen LogP contribution in [0.2, 0.25) is 0 Å². The Morgan fingerprint density at radius 2 is 2.21 bits per heavy atom. The van der Waals surface area contributed by atoms with Crippen LogP contribution in [0.5, 0.6) is 0 Å². The summed E-state index contributed by atoms with van der Waals surface area (Å²) in [7, 11) is 0. The van der Waals surface area contributed by atoms with Gasteiger partial charge in [0, 0.05) is 5.38 Å². The van der Waals surface area contributed by atoms with E-state index in [1.54, 1.807) is 12.3 Å². The minimum absolute atomic E-state index is 0.0965. The van der Waals surface area contributed by atoms with E-state index < -0.39 is 6.10 Å². The number of anilines is 1. The molecule has 1 aromatic carbocycles. The number of aliphatic hydroxyl groups is 1. The van der Waals surface area contributed by atoms with E-state index in [9.17, 15) is 9.90 Å². The van der Waals surface area contributed by atoms with Crippen molar-refractivity contribution < 1.29 is 9.90 Å².